The van der Waals surface area contributed by atoms with Crippen LogP contribution >= 0.6 is 0 Å². The third kappa shape index (κ3) is 4.28. The Labute approximate surface area is 176 Å². The number of halogens is 2. The van der Waals surface area contributed by atoms with Gasteiger partial charge in [-0.15, -0.1) is 0 Å². The van der Waals surface area contributed by atoms with Gasteiger partial charge in [0.05, 0.1) is 29.3 Å². The first-order valence-electron chi connectivity index (χ1n) is 9.42. The molecule has 4 rings (SSSR count). The second kappa shape index (κ2) is 8.74. The van der Waals surface area contributed by atoms with Gasteiger partial charge in [-0.05, 0) is 48.0 Å². The van der Waals surface area contributed by atoms with Gasteiger partial charge in [0.15, 0.2) is 0 Å². The molecule has 0 unspecified atom stereocenters. The lowest BCUT2D eigenvalue weighted by atomic mass is 10.1. The van der Waals surface area contributed by atoms with E-state index in [1.807, 2.05) is 6.07 Å². The van der Waals surface area contributed by atoms with Crippen LogP contribution in [0.15, 0.2) is 54.9 Å². The van der Waals surface area contributed by atoms with Gasteiger partial charge in [0.25, 0.3) is 5.91 Å². The highest BCUT2D eigenvalue weighted by atomic mass is 19.1. The lowest BCUT2D eigenvalue weighted by molar-refractivity contribution is 0.0948. The summed E-state index contributed by atoms with van der Waals surface area (Å²) in [7, 11) is 1.47. The van der Waals surface area contributed by atoms with Crippen LogP contribution < -0.4 is 10.1 Å². The number of rotatable bonds is 6. The molecular formula is C23H18F2N4O2. The van der Waals surface area contributed by atoms with Gasteiger partial charge in [0.2, 0.25) is 0 Å². The van der Waals surface area contributed by atoms with E-state index in [4.69, 9.17) is 4.74 Å². The van der Waals surface area contributed by atoms with E-state index in [0.29, 0.717) is 34.5 Å². The SMILES string of the molecule is COc1c(C(=O)NCc2cccnc2)ccc2[nH]nc(/C=C/c3ccc(F)cc3F)c12. The molecule has 2 heterocycles. The number of pyridine rings is 1. The van der Waals surface area contributed by atoms with Crippen molar-refractivity contribution in [1.29, 1.82) is 0 Å². The number of H-pyrrole nitrogens is 1. The van der Waals surface area contributed by atoms with Crippen LogP contribution in [0.2, 0.25) is 0 Å². The summed E-state index contributed by atoms with van der Waals surface area (Å²) in [5.41, 5.74) is 2.52. The Morgan fingerprint density at radius 1 is 1.19 bits per heavy atom. The van der Waals surface area contributed by atoms with Crippen molar-refractivity contribution in [1.82, 2.24) is 20.5 Å². The molecule has 1 amide bonds. The molecule has 0 bridgehead atoms. The first-order valence-corrected chi connectivity index (χ1v) is 9.42. The number of carbonyl (C=O) groups is 1. The molecule has 2 aromatic heterocycles. The van der Waals surface area contributed by atoms with Crippen molar-refractivity contribution >= 4 is 29.0 Å². The van der Waals surface area contributed by atoms with Gasteiger partial charge in [-0.1, -0.05) is 6.07 Å². The van der Waals surface area contributed by atoms with Crippen molar-refractivity contribution < 1.29 is 18.3 Å². The number of amides is 1. The summed E-state index contributed by atoms with van der Waals surface area (Å²) < 4.78 is 32.6. The Kier molecular flexibility index (Phi) is 5.70. The molecule has 2 N–H and O–H groups in total. The zero-order chi connectivity index (χ0) is 21.8. The van der Waals surface area contributed by atoms with Gasteiger partial charge in [-0.3, -0.25) is 14.9 Å². The zero-order valence-electron chi connectivity index (χ0n) is 16.5. The average Bonchev–Trinajstić information content (AvgIpc) is 3.20. The molecule has 156 valence electrons. The summed E-state index contributed by atoms with van der Waals surface area (Å²) in [4.78, 5) is 16.8. The number of methoxy groups -OCH3 is 1. The Morgan fingerprint density at radius 2 is 2.06 bits per heavy atom. The lowest BCUT2D eigenvalue weighted by Gasteiger charge is -2.11. The Bertz CT molecular complexity index is 1270. The standard InChI is InChI=1S/C23H18F2N4O2/c1-31-22-17(23(30)27-13-14-3-2-10-26-12-14)7-9-20-21(22)19(28-29-20)8-5-15-4-6-16(24)11-18(15)25/h2-12H,13H2,1H3,(H,27,30)(H,28,29)/b8-5+. The van der Waals surface area contributed by atoms with Gasteiger partial charge < -0.3 is 10.1 Å². The van der Waals surface area contributed by atoms with Crippen molar-refractivity contribution in [2.75, 3.05) is 7.11 Å². The molecule has 0 radical (unpaired) electrons. The highest BCUT2D eigenvalue weighted by molar-refractivity contribution is 6.05. The number of hydrogen-bond donors (Lipinski definition) is 2. The Hall–Kier alpha value is -4.07. The fraction of sp³-hybridized carbons (Fsp3) is 0.0870. The van der Waals surface area contributed by atoms with Crippen molar-refractivity contribution in [2.45, 2.75) is 6.54 Å². The minimum atomic E-state index is -0.682. The first kappa shape index (κ1) is 20.2. The molecule has 0 aliphatic heterocycles. The minimum absolute atomic E-state index is 0.210. The summed E-state index contributed by atoms with van der Waals surface area (Å²) in [5.74, 6) is -1.31. The zero-order valence-corrected chi connectivity index (χ0v) is 16.5. The predicted octanol–water partition coefficient (Wildman–Crippen LogP) is 4.35. The van der Waals surface area contributed by atoms with E-state index in [9.17, 15) is 13.6 Å². The van der Waals surface area contributed by atoms with E-state index in [2.05, 4.69) is 20.5 Å². The number of hydrogen-bond acceptors (Lipinski definition) is 4. The summed E-state index contributed by atoms with van der Waals surface area (Å²) >= 11 is 0. The monoisotopic (exact) mass is 420 g/mol. The highest BCUT2D eigenvalue weighted by Gasteiger charge is 2.19. The van der Waals surface area contributed by atoms with Crippen LogP contribution in [0.4, 0.5) is 8.78 Å². The number of nitrogens with zero attached hydrogens (tertiary/aromatic N) is 2. The smallest absolute Gasteiger partial charge is 0.255 e. The van der Waals surface area contributed by atoms with Crippen LogP contribution in [0.3, 0.4) is 0 Å². The third-order valence-corrected chi connectivity index (χ3v) is 4.72. The second-order valence-electron chi connectivity index (χ2n) is 6.72. The van der Waals surface area contributed by atoms with E-state index in [1.54, 1.807) is 36.7 Å². The molecule has 31 heavy (non-hydrogen) atoms. The van der Waals surface area contributed by atoms with Crippen LogP contribution in [-0.4, -0.2) is 28.2 Å². The minimum Gasteiger partial charge on any atom is -0.495 e. The fourth-order valence-corrected chi connectivity index (χ4v) is 3.20. The second-order valence-corrected chi connectivity index (χ2v) is 6.72. The lowest BCUT2D eigenvalue weighted by Crippen LogP contribution is -2.23. The van der Waals surface area contributed by atoms with Crippen molar-refractivity contribution in [3.63, 3.8) is 0 Å². The molecule has 2 aromatic carbocycles. The van der Waals surface area contributed by atoms with Crippen LogP contribution in [0, 0.1) is 11.6 Å². The fourth-order valence-electron chi connectivity index (χ4n) is 3.20. The van der Waals surface area contributed by atoms with E-state index >= 15 is 0 Å². The van der Waals surface area contributed by atoms with Crippen LogP contribution in [-0.2, 0) is 6.54 Å². The maximum atomic E-state index is 13.9. The average molecular weight is 420 g/mol. The van der Waals surface area contributed by atoms with Crippen LogP contribution in [0.1, 0.15) is 27.2 Å². The molecule has 0 atom stereocenters. The topological polar surface area (TPSA) is 79.9 Å². The molecule has 0 saturated heterocycles. The quantitative estimate of drug-likeness (QED) is 0.486. The van der Waals surface area contributed by atoms with E-state index in [1.165, 1.54) is 25.3 Å². The van der Waals surface area contributed by atoms with Gasteiger partial charge in [-0.25, -0.2) is 8.78 Å². The van der Waals surface area contributed by atoms with Crippen molar-refractivity contribution in [3.8, 4) is 5.75 Å². The summed E-state index contributed by atoms with van der Waals surface area (Å²) in [6.07, 6.45) is 6.40. The maximum absolute atomic E-state index is 13.9. The maximum Gasteiger partial charge on any atom is 0.255 e. The molecule has 0 aliphatic rings. The summed E-state index contributed by atoms with van der Waals surface area (Å²) in [5, 5.41) is 10.5. The largest absolute Gasteiger partial charge is 0.495 e. The van der Waals surface area contributed by atoms with Gasteiger partial charge in [-0.2, -0.15) is 5.10 Å². The Balaban J connectivity index is 1.66. The van der Waals surface area contributed by atoms with Gasteiger partial charge >= 0.3 is 0 Å². The van der Waals surface area contributed by atoms with Crippen molar-refractivity contribution in [3.05, 3.63) is 88.9 Å². The number of fused-ring (bicyclic) bond motifs is 1. The number of aromatic nitrogens is 3. The molecule has 8 heteroatoms. The number of aromatic amines is 1. The normalized spacial score (nSPS) is 11.2. The molecule has 0 saturated carbocycles. The predicted molar refractivity (Wildman–Crippen MR) is 113 cm³/mol. The number of nitrogens with one attached hydrogen (secondary N) is 2. The van der Waals surface area contributed by atoms with Crippen LogP contribution in [0.25, 0.3) is 23.1 Å². The Morgan fingerprint density at radius 3 is 2.81 bits per heavy atom. The van der Waals surface area contributed by atoms with E-state index in [-0.39, 0.29) is 11.5 Å². The van der Waals surface area contributed by atoms with Gasteiger partial charge in [0.1, 0.15) is 17.4 Å². The molecule has 6 nitrogen and oxygen atoms in total. The molecule has 0 fully saturated rings. The number of carbonyl (C=O) groups excluding carboxylic acids is 1. The third-order valence-electron chi connectivity index (χ3n) is 4.72. The van der Waals surface area contributed by atoms with E-state index < -0.39 is 11.6 Å². The van der Waals surface area contributed by atoms with Crippen LogP contribution in [0.5, 0.6) is 5.75 Å². The number of benzene rings is 2. The van der Waals surface area contributed by atoms with Gasteiger partial charge in [0, 0.05) is 30.6 Å². The first-order chi connectivity index (χ1) is 15.1. The molecular weight excluding hydrogens is 402 g/mol. The number of ether oxygens (including phenoxy) is 1. The molecule has 4 aromatic rings. The molecule has 0 spiro atoms. The highest BCUT2D eigenvalue weighted by Crippen LogP contribution is 2.32. The summed E-state index contributed by atoms with van der Waals surface area (Å²) in [6, 6.07) is 10.4. The van der Waals surface area contributed by atoms with Crippen molar-refractivity contribution in [2.24, 2.45) is 0 Å². The summed E-state index contributed by atoms with van der Waals surface area (Å²) in [6.45, 7) is 0.315. The van der Waals surface area contributed by atoms with E-state index in [0.717, 1.165) is 11.6 Å². The molecule has 0 aliphatic carbocycles.